The molecule has 2 aromatic rings. The zero-order valence-electron chi connectivity index (χ0n) is 9.30. The van der Waals surface area contributed by atoms with Crippen LogP contribution >= 0.6 is 11.8 Å². The lowest BCUT2D eigenvalue weighted by molar-refractivity contribution is 0.905. The predicted octanol–water partition coefficient (Wildman–Crippen LogP) is 1.35. The van der Waals surface area contributed by atoms with Crippen LogP contribution in [-0.2, 0) is 5.75 Å². The molecule has 17 heavy (non-hydrogen) atoms. The third kappa shape index (κ3) is 3.32. The van der Waals surface area contributed by atoms with Crippen LogP contribution in [0.1, 0.15) is 11.3 Å². The third-order valence-electron chi connectivity index (χ3n) is 2.07. The average Bonchev–Trinajstić information content (AvgIpc) is 2.27. The van der Waals surface area contributed by atoms with Gasteiger partial charge >= 0.3 is 0 Å². The first kappa shape index (κ1) is 11.7. The second kappa shape index (κ2) is 5.01. The molecule has 2 rings (SSSR count). The van der Waals surface area contributed by atoms with Gasteiger partial charge in [0.1, 0.15) is 5.82 Å². The molecular weight excluding hydrogens is 236 g/mol. The molecule has 0 saturated heterocycles. The van der Waals surface area contributed by atoms with E-state index in [0.29, 0.717) is 22.4 Å². The molecule has 0 saturated carbocycles. The Bertz CT molecular complexity index is 564. The Morgan fingerprint density at radius 1 is 1.47 bits per heavy atom. The zero-order valence-corrected chi connectivity index (χ0v) is 10.1. The number of anilines is 1. The number of hydrogen-bond acceptors (Lipinski definition) is 5. The molecule has 5 nitrogen and oxygen atoms in total. The highest BCUT2D eigenvalue weighted by atomic mass is 32.2. The molecule has 0 aliphatic carbocycles. The van der Waals surface area contributed by atoms with E-state index in [1.165, 1.54) is 17.8 Å². The van der Waals surface area contributed by atoms with Crippen LogP contribution in [0.5, 0.6) is 0 Å². The first-order chi connectivity index (χ1) is 8.13. The van der Waals surface area contributed by atoms with Crippen LogP contribution in [0, 0.1) is 6.92 Å². The lowest BCUT2D eigenvalue weighted by atomic mass is 10.3. The van der Waals surface area contributed by atoms with Crippen molar-refractivity contribution in [1.29, 1.82) is 0 Å². The zero-order chi connectivity index (χ0) is 12.3. The average molecular weight is 248 g/mol. The van der Waals surface area contributed by atoms with E-state index in [4.69, 9.17) is 5.73 Å². The minimum atomic E-state index is -0.129. The molecule has 0 atom stereocenters. The molecule has 0 aliphatic rings. The maximum absolute atomic E-state index is 11.2. The highest BCUT2D eigenvalue weighted by Gasteiger charge is 2.00. The van der Waals surface area contributed by atoms with Gasteiger partial charge in [-0.2, -0.15) is 0 Å². The summed E-state index contributed by atoms with van der Waals surface area (Å²) in [6.45, 7) is 1.80. The van der Waals surface area contributed by atoms with Crippen LogP contribution < -0.4 is 11.3 Å². The number of thioether (sulfide) groups is 1. The van der Waals surface area contributed by atoms with Crippen molar-refractivity contribution in [2.45, 2.75) is 17.8 Å². The summed E-state index contributed by atoms with van der Waals surface area (Å²) in [7, 11) is 0. The maximum Gasteiger partial charge on any atom is 0.251 e. The molecule has 2 aromatic heterocycles. The van der Waals surface area contributed by atoms with Gasteiger partial charge in [-0.1, -0.05) is 17.8 Å². The number of nitrogens with zero attached hydrogens (tertiary/aromatic N) is 2. The van der Waals surface area contributed by atoms with Crippen LogP contribution in [0.15, 0.2) is 34.3 Å². The fraction of sp³-hybridized carbons (Fsp3) is 0.182. The minimum absolute atomic E-state index is 0.129. The van der Waals surface area contributed by atoms with E-state index in [-0.39, 0.29) is 5.56 Å². The van der Waals surface area contributed by atoms with Gasteiger partial charge in [0.05, 0.1) is 0 Å². The molecule has 0 unspecified atom stereocenters. The van der Waals surface area contributed by atoms with Gasteiger partial charge in [-0.15, -0.1) is 0 Å². The van der Waals surface area contributed by atoms with Crippen molar-refractivity contribution < 1.29 is 0 Å². The minimum Gasteiger partial charge on any atom is -0.384 e. The summed E-state index contributed by atoms with van der Waals surface area (Å²) in [4.78, 5) is 22.1. The van der Waals surface area contributed by atoms with Gasteiger partial charge in [0, 0.05) is 23.7 Å². The molecule has 0 radical (unpaired) electrons. The number of rotatable bonds is 3. The number of nitrogens with one attached hydrogen (secondary N) is 1. The summed E-state index contributed by atoms with van der Waals surface area (Å²) in [5, 5.41) is 0.617. The summed E-state index contributed by atoms with van der Waals surface area (Å²) >= 11 is 1.46. The molecule has 0 bridgehead atoms. The highest BCUT2D eigenvalue weighted by molar-refractivity contribution is 7.98. The predicted molar refractivity (Wildman–Crippen MR) is 67.8 cm³/mol. The summed E-state index contributed by atoms with van der Waals surface area (Å²) in [5.74, 6) is 1.19. The molecule has 0 aromatic carbocycles. The molecule has 88 valence electrons. The molecule has 3 N–H and O–H groups in total. The molecular formula is C11H12N4OS. The fourth-order valence-corrected chi connectivity index (χ4v) is 2.15. The van der Waals surface area contributed by atoms with Crippen LogP contribution in [-0.4, -0.2) is 15.0 Å². The largest absolute Gasteiger partial charge is 0.384 e. The van der Waals surface area contributed by atoms with Gasteiger partial charge < -0.3 is 10.7 Å². The first-order valence-corrected chi connectivity index (χ1v) is 6.03. The number of nitrogens with two attached hydrogens (primary N) is 1. The van der Waals surface area contributed by atoms with Crippen molar-refractivity contribution in [2.75, 3.05) is 5.73 Å². The highest BCUT2D eigenvalue weighted by Crippen LogP contribution is 2.17. The maximum atomic E-state index is 11.2. The molecule has 0 spiro atoms. The van der Waals surface area contributed by atoms with E-state index in [9.17, 15) is 4.79 Å². The number of aromatic amines is 1. The van der Waals surface area contributed by atoms with Crippen molar-refractivity contribution in [1.82, 2.24) is 15.0 Å². The van der Waals surface area contributed by atoms with E-state index in [1.54, 1.807) is 19.2 Å². The van der Waals surface area contributed by atoms with E-state index < -0.39 is 0 Å². The third-order valence-corrected chi connectivity index (χ3v) is 3.02. The Morgan fingerprint density at radius 3 is 2.94 bits per heavy atom. The van der Waals surface area contributed by atoms with Gasteiger partial charge in [-0.3, -0.25) is 4.79 Å². The van der Waals surface area contributed by atoms with Gasteiger partial charge in [-0.25, -0.2) is 9.97 Å². The second-order valence-corrected chi connectivity index (χ2v) is 4.54. The Kier molecular flexibility index (Phi) is 3.43. The fourth-order valence-electron chi connectivity index (χ4n) is 1.29. The first-order valence-electron chi connectivity index (χ1n) is 5.04. The summed E-state index contributed by atoms with van der Waals surface area (Å²) in [6, 6.07) is 5.13. The number of pyridine rings is 1. The van der Waals surface area contributed by atoms with Crippen molar-refractivity contribution in [2.24, 2.45) is 0 Å². The second-order valence-electron chi connectivity index (χ2n) is 3.57. The van der Waals surface area contributed by atoms with Crippen LogP contribution in [0.25, 0.3) is 0 Å². The van der Waals surface area contributed by atoms with Crippen LogP contribution in [0.4, 0.5) is 5.82 Å². The molecule has 2 heterocycles. The summed E-state index contributed by atoms with van der Waals surface area (Å²) in [5.41, 5.74) is 7.12. The van der Waals surface area contributed by atoms with Crippen molar-refractivity contribution in [3.63, 3.8) is 0 Å². The van der Waals surface area contributed by atoms with Gasteiger partial charge in [0.25, 0.3) is 5.56 Å². The normalized spacial score (nSPS) is 10.4. The topological polar surface area (TPSA) is 84.7 Å². The smallest absolute Gasteiger partial charge is 0.251 e. The van der Waals surface area contributed by atoms with Gasteiger partial charge in [0.2, 0.25) is 0 Å². The lowest BCUT2D eigenvalue weighted by Crippen LogP contribution is -2.08. The quantitative estimate of drug-likeness (QED) is 0.632. The summed E-state index contributed by atoms with van der Waals surface area (Å²) < 4.78 is 0. The Hall–Kier alpha value is -1.82. The Balaban J connectivity index is 2.07. The van der Waals surface area contributed by atoms with Crippen LogP contribution in [0.3, 0.4) is 0 Å². The number of aromatic nitrogens is 3. The SMILES string of the molecule is Cc1cc(=O)[nH]c(SCc2ccc(N)nc2)n1. The molecule has 0 aliphatic heterocycles. The van der Waals surface area contributed by atoms with E-state index in [0.717, 1.165) is 5.56 Å². The number of hydrogen-bond donors (Lipinski definition) is 2. The van der Waals surface area contributed by atoms with Gasteiger partial charge in [0.15, 0.2) is 5.16 Å². The number of H-pyrrole nitrogens is 1. The van der Waals surface area contributed by atoms with E-state index >= 15 is 0 Å². The van der Waals surface area contributed by atoms with E-state index in [2.05, 4.69) is 15.0 Å². The molecule has 0 fully saturated rings. The van der Waals surface area contributed by atoms with Crippen molar-refractivity contribution in [3.8, 4) is 0 Å². The standard InChI is InChI=1S/C11H12N4OS/c1-7-4-10(16)15-11(14-7)17-6-8-2-3-9(12)13-5-8/h2-5H,6H2,1H3,(H2,12,13)(H,14,15,16). The van der Waals surface area contributed by atoms with E-state index in [1.807, 2.05) is 6.07 Å². The van der Waals surface area contributed by atoms with Crippen LogP contribution in [0.2, 0.25) is 0 Å². The molecule has 6 heteroatoms. The van der Waals surface area contributed by atoms with Crippen molar-refractivity contribution >= 4 is 17.6 Å². The number of nitrogen functional groups attached to an aromatic ring is 1. The molecule has 0 amide bonds. The Morgan fingerprint density at radius 2 is 2.29 bits per heavy atom. The van der Waals surface area contributed by atoms with Crippen molar-refractivity contribution in [3.05, 3.63) is 46.0 Å². The lowest BCUT2D eigenvalue weighted by Gasteiger charge is -2.02. The Labute approximate surface area is 103 Å². The number of aryl methyl sites for hydroxylation is 1. The summed E-state index contributed by atoms with van der Waals surface area (Å²) in [6.07, 6.45) is 1.72. The monoisotopic (exact) mass is 248 g/mol. The van der Waals surface area contributed by atoms with Gasteiger partial charge in [-0.05, 0) is 18.6 Å².